The predicted octanol–water partition coefficient (Wildman–Crippen LogP) is 3.08. The van der Waals surface area contributed by atoms with E-state index in [4.69, 9.17) is 4.42 Å². The highest BCUT2D eigenvalue weighted by atomic mass is 16.4. The van der Waals surface area contributed by atoms with Crippen molar-refractivity contribution < 1.29 is 9.15 Å². The van der Waals surface area contributed by atoms with Crippen LogP contribution in [0.2, 0.25) is 0 Å². The number of rotatable bonds is 0. The first-order valence-corrected chi connectivity index (χ1v) is 5.17. The molecule has 3 heteroatoms. The third-order valence-electron chi connectivity index (χ3n) is 1.53. The highest BCUT2D eigenvalue weighted by molar-refractivity contribution is 5.75. The van der Waals surface area contributed by atoms with Gasteiger partial charge in [0.25, 0.3) is 0 Å². The van der Waals surface area contributed by atoms with Gasteiger partial charge in [-0.3, -0.25) is 0 Å². The molecular formula is C13H18O3. The third-order valence-corrected chi connectivity index (χ3v) is 1.53. The molecule has 1 heterocycles. The van der Waals surface area contributed by atoms with E-state index in [0.717, 1.165) is 5.39 Å². The average molecular weight is 222 g/mol. The number of methoxy groups -OCH3 is 1. The maximum atomic E-state index is 10.7. The second-order valence-electron chi connectivity index (χ2n) is 2.70. The highest BCUT2D eigenvalue weighted by Crippen LogP contribution is 2.08. The van der Waals surface area contributed by atoms with Crippen molar-refractivity contribution >= 4 is 11.0 Å². The minimum absolute atomic E-state index is 0.302. The standard InChI is InChI=1S/C9H6O2.C2H6O.C2H6/c10-9-6-5-7-3-1-2-4-8(7)11-9;1-3-2;1-2/h1-6H;1-2H3;1-2H3. The summed E-state index contributed by atoms with van der Waals surface area (Å²) in [6, 6.07) is 10.6. The van der Waals surface area contributed by atoms with Crippen LogP contribution in [0, 0.1) is 0 Å². The first-order chi connectivity index (χ1) is 7.77. The molecule has 0 saturated carbocycles. The Morgan fingerprint density at radius 2 is 1.56 bits per heavy atom. The quantitative estimate of drug-likeness (QED) is 0.643. The van der Waals surface area contributed by atoms with Gasteiger partial charge in [0.2, 0.25) is 0 Å². The summed E-state index contributed by atoms with van der Waals surface area (Å²) in [6.45, 7) is 4.00. The molecule has 0 bridgehead atoms. The fourth-order valence-electron chi connectivity index (χ4n) is 1.01. The summed E-state index contributed by atoms with van der Waals surface area (Å²) < 4.78 is 9.16. The largest absolute Gasteiger partial charge is 0.423 e. The fourth-order valence-corrected chi connectivity index (χ4v) is 1.01. The van der Waals surface area contributed by atoms with Crippen molar-refractivity contribution in [1.29, 1.82) is 0 Å². The minimum Gasteiger partial charge on any atom is -0.423 e. The van der Waals surface area contributed by atoms with E-state index in [-0.39, 0.29) is 5.63 Å². The summed E-state index contributed by atoms with van der Waals surface area (Å²) >= 11 is 0. The van der Waals surface area contributed by atoms with E-state index in [0.29, 0.717) is 5.58 Å². The Morgan fingerprint density at radius 3 is 2.19 bits per heavy atom. The lowest BCUT2D eigenvalue weighted by Crippen LogP contribution is -1.93. The summed E-state index contributed by atoms with van der Waals surface area (Å²) in [7, 11) is 3.25. The van der Waals surface area contributed by atoms with Gasteiger partial charge in [0, 0.05) is 25.7 Å². The maximum Gasteiger partial charge on any atom is 0.336 e. The second-order valence-corrected chi connectivity index (χ2v) is 2.70. The Balaban J connectivity index is 0.000000394. The van der Waals surface area contributed by atoms with Crippen molar-refractivity contribution in [2.45, 2.75) is 13.8 Å². The third kappa shape index (κ3) is 4.75. The number of hydrogen-bond donors (Lipinski definition) is 0. The second kappa shape index (κ2) is 8.68. The molecule has 0 aliphatic heterocycles. The molecule has 2 aromatic rings. The molecule has 1 aromatic heterocycles. The first kappa shape index (κ1) is 14.4. The molecule has 16 heavy (non-hydrogen) atoms. The van der Waals surface area contributed by atoms with E-state index in [1.54, 1.807) is 26.4 Å². The van der Waals surface area contributed by atoms with Crippen molar-refractivity contribution in [1.82, 2.24) is 0 Å². The molecule has 0 aliphatic rings. The van der Waals surface area contributed by atoms with E-state index in [1.807, 2.05) is 32.0 Å². The molecule has 0 saturated heterocycles. The van der Waals surface area contributed by atoms with Crippen molar-refractivity contribution in [3.05, 3.63) is 46.8 Å². The van der Waals surface area contributed by atoms with Crippen LogP contribution in [-0.2, 0) is 4.74 Å². The van der Waals surface area contributed by atoms with Gasteiger partial charge in [-0.05, 0) is 12.1 Å². The van der Waals surface area contributed by atoms with E-state index in [2.05, 4.69) is 4.74 Å². The van der Waals surface area contributed by atoms with Crippen molar-refractivity contribution in [2.75, 3.05) is 14.2 Å². The van der Waals surface area contributed by atoms with Gasteiger partial charge in [0.15, 0.2) is 0 Å². The van der Waals surface area contributed by atoms with Gasteiger partial charge in [0.1, 0.15) is 5.58 Å². The summed E-state index contributed by atoms with van der Waals surface area (Å²) in [5, 5.41) is 0.951. The molecule has 0 fully saturated rings. The lowest BCUT2D eigenvalue weighted by atomic mass is 10.2. The van der Waals surface area contributed by atoms with Crippen LogP contribution in [0.25, 0.3) is 11.0 Å². The topological polar surface area (TPSA) is 39.4 Å². The van der Waals surface area contributed by atoms with Gasteiger partial charge in [-0.2, -0.15) is 0 Å². The van der Waals surface area contributed by atoms with E-state index in [9.17, 15) is 4.79 Å². The van der Waals surface area contributed by atoms with Gasteiger partial charge >= 0.3 is 5.63 Å². The van der Waals surface area contributed by atoms with Gasteiger partial charge in [-0.25, -0.2) is 4.79 Å². The average Bonchev–Trinajstić information content (AvgIpc) is 2.32. The van der Waals surface area contributed by atoms with Crippen LogP contribution >= 0.6 is 0 Å². The molecular weight excluding hydrogens is 204 g/mol. The SMILES string of the molecule is CC.COC.O=c1ccc2ccccc2o1. The minimum atomic E-state index is -0.302. The van der Waals surface area contributed by atoms with Gasteiger partial charge in [0.05, 0.1) is 0 Å². The predicted molar refractivity (Wildman–Crippen MR) is 66.8 cm³/mol. The molecule has 0 amide bonds. The zero-order valence-electron chi connectivity index (χ0n) is 10.2. The Morgan fingerprint density at radius 1 is 1.00 bits per heavy atom. The molecule has 0 unspecified atom stereocenters. The maximum absolute atomic E-state index is 10.7. The number of hydrogen-bond acceptors (Lipinski definition) is 3. The van der Waals surface area contributed by atoms with Crippen molar-refractivity contribution in [3.63, 3.8) is 0 Å². The zero-order chi connectivity index (χ0) is 12.4. The molecule has 0 aliphatic carbocycles. The number of benzene rings is 1. The summed E-state index contributed by atoms with van der Waals surface area (Å²) in [5.74, 6) is 0. The molecule has 0 atom stereocenters. The van der Waals surface area contributed by atoms with Crippen LogP contribution in [0.3, 0.4) is 0 Å². The van der Waals surface area contributed by atoms with Crippen LogP contribution in [0.4, 0.5) is 0 Å². The van der Waals surface area contributed by atoms with Crippen LogP contribution in [0.15, 0.2) is 45.6 Å². The number of para-hydroxylation sites is 1. The molecule has 0 N–H and O–H groups in total. The monoisotopic (exact) mass is 222 g/mol. The Labute approximate surface area is 95.7 Å². The lowest BCUT2D eigenvalue weighted by Gasteiger charge is -1.91. The smallest absolute Gasteiger partial charge is 0.336 e. The van der Waals surface area contributed by atoms with E-state index < -0.39 is 0 Å². The number of ether oxygens (including phenoxy) is 1. The first-order valence-electron chi connectivity index (χ1n) is 5.17. The zero-order valence-corrected chi connectivity index (χ0v) is 10.2. The van der Waals surface area contributed by atoms with E-state index in [1.165, 1.54) is 6.07 Å². The molecule has 1 aromatic carbocycles. The molecule has 0 spiro atoms. The molecule has 3 nitrogen and oxygen atoms in total. The van der Waals surface area contributed by atoms with Crippen LogP contribution in [-0.4, -0.2) is 14.2 Å². The molecule has 0 radical (unpaired) electrons. The Kier molecular flexibility index (Phi) is 7.81. The Bertz CT molecular complexity index is 446. The molecule has 2 rings (SSSR count). The van der Waals surface area contributed by atoms with E-state index >= 15 is 0 Å². The van der Waals surface area contributed by atoms with Crippen molar-refractivity contribution in [3.8, 4) is 0 Å². The highest BCUT2D eigenvalue weighted by Gasteiger charge is 1.92. The normalized spacial score (nSPS) is 8.50. The Hall–Kier alpha value is -1.61. The van der Waals surface area contributed by atoms with Crippen LogP contribution in [0.1, 0.15) is 13.8 Å². The van der Waals surface area contributed by atoms with Gasteiger partial charge in [-0.1, -0.05) is 32.0 Å². The van der Waals surface area contributed by atoms with Crippen LogP contribution < -0.4 is 5.63 Å². The van der Waals surface area contributed by atoms with Crippen LogP contribution in [0.5, 0.6) is 0 Å². The molecule has 88 valence electrons. The van der Waals surface area contributed by atoms with Gasteiger partial charge in [-0.15, -0.1) is 0 Å². The fraction of sp³-hybridized carbons (Fsp3) is 0.308. The van der Waals surface area contributed by atoms with Gasteiger partial charge < -0.3 is 9.15 Å². The lowest BCUT2D eigenvalue weighted by molar-refractivity contribution is 0.277. The summed E-state index contributed by atoms with van der Waals surface area (Å²) in [6.07, 6.45) is 0. The number of fused-ring (bicyclic) bond motifs is 1. The summed E-state index contributed by atoms with van der Waals surface area (Å²) in [5.41, 5.74) is 0.337. The summed E-state index contributed by atoms with van der Waals surface area (Å²) in [4.78, 5) is 10.7. The van der Waals surface area contributed by atoms with Crippen molar-refractivity contribution in [2.24, 2.45) is 0 Å².